The molecule has 3 aromatic heterocycles. The number of pyridine rings is 1. The number of benzene rings is 9. The molecule has 382 valence electrons. The highest BCUT2D eigenvalue weighted by Gasteiger charge is 2.23. The van der Waals surface area contributed by atoms with Crippen LogP contribution in [0.1, 0.15) is 74.9 Å². The number of para-hydroxylation sites is 2. The van der Waals surface area contributed by atoms with Gasteiger partial charge in [-0.2, -0.15) is 0 Å². The zero-order valence-electron chi connectivity index (χ0n) is 44.9. The van der Waals surface area contributed by atoms with E-state index in [-0.39, 0.29) is 11.8 Å². The van der Waals surface area contributed by atoms with Gasteiger partial charge in [-0.3, -0.25) is 4.57 Å². The summed E-state index contributed by atoms with van der Waals surface area (Å²) in [5.74, 6) is 4.03. The minimum Gasteiger partial charge on any atom is -0.457 e. The van der Waals surface area contributed by atoms with Gasteiger partial charge in [0.1, 0.15) is 23.1 Å². The molecule has 9 aromatic carbocycles. The van der Waals surface area contributed by atoms with Gasteiger partial charge in [0, 0.05) is 64.4 Å². The smallest absolute Gasteiger partial charge is 0.137 e. The lowest BCUT2D eigenvalue weighted by atomic mass is 9.85. The number of hydrogen-bond donors (Lipinski definition) is 2. The second-order valence-corrected chi connectivity index (χ2v) is 21.5. The zero-order chi connectivity index (χ0) is 52.9. The highest BCUT2D eigenvalue weighted by Crippen LogP contribution is 2.45. The molecule has 12 aromatic rings. The first-order valence-electron chi connectivity index (χ1n) is 27.6. The van der Waals surface area contributed by atoms with Crippen LogP contribution in [-0.2, 0) is 13.0 Å². The summed E-state index contributed by atoms with van der Waals surface area (Å²) in [6.07, 6.45) is 5.25. The van der Waals surface area contributed by atoms with E-state index in [0.29, 0.717) is 0 Å². The van der Waals surface area contributed by atoms with Crippen LogP contribution in [0.5, 0.6) is 11.5 Å². The molecule has 1 aliphatic heterocycles. The lowest BCUT2D eigenvalue weighted by Crippen LogP contribution is -2.10. The summed E-state index contributed by atoms with van der Waals surface area (Å²) < 4.78 is 11.9. The Morgan fingerprint density at radius 3 is 1.81 bits per heavy atom. The van der Waals surface area contributed by atoms with Crippen LogP contribution in [0.15, 0.2) is 212 Å². The van der Waals surface area contributed by atoms with Gasteiger partial charge in [0.05, 0.1) is 39.1 Å². The zero-order valence-corrected chi connectivity index (χ0v) is 44.9. The van der Waals surface area contributed by atoms with Crippen LogP contribution in [0.4, 0.5) is 22.7 Å². The monoisotopic (exact) mass is 1010 g/mol. The number of ether oxygens (including phenoxy) is 1. The van der Waals surface area contributed by atoms with Crippen LogP contribution >= 0.6 is 0 Å². The van der Waals surface area contributed by atoms with Gasteiger partial charge in [-0.15, -0.1) is 0 Å². The number of aromatic nitrogens is 4. The number of nitrogens with one attached hydrogen (secondary N) is 2. The Morgan fingerprint density at radius 2 is 1.13 bits per heavy atom. The Bertz CT molecular complexity index is 4110. The minimum atomic E-state index is 0.289. The number of aryl methyl sites for hydroxylation is 3. The SMILES string of the molecule is Cc1cc(-n2c3ccccc3c3ccc(Oc4cc(Nc5cc6nc7n(c6cc5Nc5c(-c6ccccc6)cccc5-c5ccccc5)CCCC7)cc(-c5c(C(C)C)cccc5C(C)C)c4)cc32)ncc1-c1ccccc1. The largest absolute Gasteiger partial charge is 0.457 e. The first-order valence-corrected chi connectivity index (χ1v) is 27.6. The summed E-state index contributed by atoms with van der Waals surface area (Å²) in [7, 11) is 0. The van der Waals surface area contributed by atoms with Crippen LogP contribution < -0.4 is 15.4 Å². The van der Waals surface area contributed by atoms with Gasteiger partial charge >= 0.3 is 0 Å². The molecular weight excluding hydrogens is 953 g/mol. The van der Waals surface area contributed by atoms with E-state index in [0.717, 1.165) is 149 Å². The van der Waals surface area contributed by atoms with Gasteiger partial charge in [-0.05, 0) is 125 Å². The molecule has 0 aliphatic carbocycles. The van der Waals surface area contributed by atoms with Gasteiger partial charge in [0.25, 0.3) is 0 Å². The van der Waals surface area contributed by atoms with Gasteiger partial charge in [-0.25, -0.2) is 9.97 Å². The Balaban J connectivity index is 0.971. The lowest BCUT2D eigenvalue weighted by molar-refractivity contribution is 0.484. The molecular formula is C71H62N6O. The lowest BCUT2D eigenvalue weighted by Gasteiger charge is -2.23. The second-order valence-electron chi connectivity index (χ2n) is 21.5. The Labute approximate surface area is 456 Å². The van der Waals surface area contributed by atoms with Crippen molar-refractivity contribution in [2.45, 2.75) is 72.3 Å². The van der Waals surface area contributed by atoms with Crippen molar-refractivity contribution < 1.29 is 4.74 Å². The molecule has 0 saturated heterocycles. The first-order chi connectivity index (χ1) is 38.2. The molecule has 7 nitrogen and oxygen atoms in total. The third-order valence-electron chi connectivity index (χ3n) is 15.6. The predicted octanol–water partition coefficient (Wildman–Crippen LogP) is 19.4. The molecule has 13 rings (SSSR count). The van der Waals surface area contributed by atoms with Crippen LogP contribution in [-0.4, -0.2) is 19.1 Å². The van der Waals surface area contributed by atoms with Gasteiger partial charge in [-0.1, -0.05) is 173 Å². The topological polar surface area (TPSA) is 68.9 Å². The van der Waals surface area contributed by atoms with Crippen molar-refractivity contribution >= 4 is 55.6 Å². The van der Waals surface area contributed by atoms with Crippen molar-refractivity contribution in [2.75, 3.05) is 10.6 Å². The average molecular weight is 1020 g/mol. The number of nitrogens with zero attached hydrogens (tertiary/aromatic N) is 4. The first kappa shape index (κ1) is 48.4. The maximum atomic E-state index is 7.19. The maximum Gasteiger partial charge on any atom is 0.137 e. The Hall–Kier alpha value is -9.20. The molecule has 1 aliphatic rings. The average Bonchev–Trinajstić information content (AvgIpc) is 4.20. The van der Waals surface area contributed by atoms with E-state index >= 15 is 0 Å². The van der Waals surface area contributed by atoms with E-state index in [9.17, 15) is 0 Å². The van der Waals surface area contributed by atoms with Crippen molar-refractivity contribution in [1.82, 2.24) is 19.1 Å². The van der Waals surface area contributed by atoms with Gasteiger partial charge < -0.3 is 19.9 Å². The molecule has 0 saturated carbocycles. The molecule has 0 amide bonds. The van der Waals surface area contributed by atoms with E-state index in [1.807, 2.05) is 6.20 Å². The fourth-order valence-corrected chi connectivity index (χ4v) is 11.9. The molecule has 0 spiro atoms. The molecule has 78 heavy (non-hydrogen) atoms. The maximum absolute atomic E-state index is 7.19. The van der Waals surface area contributed by atoms with Crippen LogP contribution in [0.3, 0.4) is 0 Å². The summed E-state index contributed by atoms with van der Waals surface area (Å²) in [6, 6.07) is 73.7. The second kappa shape index (κ2) is 20.4. The normalized spacial score (nSPS) is 12.4. The van der Waals surface area contributed by atoms with E-state index in [1.165, 1.54) is 16.7 Å². The Morgan fingerprint density at radius 1 is 0.500 bits per heavy atom. The van der Waals surface area contributed by atoms with E-state index in [4.69, 9.17) is 14.7 Å². The molecule has 0 atom stereocenters. The van der Waals surface area contributed by atoms with Crippen molar-refractivity contribution in [1.29, 1.82) is 0 Å². The molecule has 2 N–H and O–H groups in total. The van der Waals surface area contributed by atoms with Gasteiger partial charge in [0.15, 0.2) is 0 Å². The summed E-state index contributed by atoms with van der Waals surface area (Å²) >= 11 is 0. The van der Waals surface area contributed by atoms with Crippen LogP contribution in [0.2, 0.25) is 0 Å². The fraction of sp³-hybridized carbons (Fsp3) is 0.155. The fourth-order valence-electron chi connectivity index (χ4n) is 11.9. The molecule has 0 radical (unpaired) electrons. The predicted molar refractivity (Wildman–Crippen MR) is 325 cm³/mol. The van der Waals surface area contributed by atoms with E-state index in [2.05, 4.69) is 261 Å². The number of hydrogen-bond acceptors (Lipinski definition) is 5. The van der Waals surface area contributed by atoms with Crippen molar-refractivity contribution in [2.24, 2.45) is 0 Å². The molecule has 4 heterocycles. The standard InChI is InChI=1S/C71H62N6O/c1-45(2)55-28-19-29-56(46(3)4)70(55)51-38-52(40-54(39-51)78-53-34-35-60-59-27-15-16-32-65(59)77(66(60)41-53)69-37-47(5)61(44-72-69)50-25-13-8-14-26-50)73-62-42-64-67(76-36-18-17-33-68(76)74-64)43-63(62)75-71-57(48-21-9-6-10-22-48)30-20-31-58(71)49-23-11-7-12-24-49/h6-16,19-32,34-35,37-46,73,75H,17-18,33,36H2,1-5H3. The van der Waals surface area contributed by atoms with Crippen molar-refractivity contribution in [3.05, 3.63) is 235 Å². The number of imidazole rings is 1. The Kier molecular flexibility index (Phi) is 12.7. The highest BCUT2D eigenvalue weighted by molar-refractivity contribution is 6.09. The molecule has 7 heteroatoms. The van der Waals surface area contributed by atoms with Crippen LogP contribution in [0.25, 0.3) is 83.2 Å². The molecule has 0 bridgehead atoms. The quantitative estimate of drug-likeness (QED) is 0.120. The van der Waals surface area contributed by atoms with Crippen LogP contribution in [0, 0.1) is 6.92 Å². The highest BCUT2D eigenvalue weighted by atomic mass is 16.5. The summed E-state index contributed by atoms with van der Waals surface area (Å²) in [4.78, 5) is 10.4. The minimum absolute atomic E-state index is 0.289. The third-order valence-corrected chi connectivity index (χ3v) is 15.6. The molecule has 0 unspecified atom stereocenters. The van der Waals surface area contributed by atoms with Crippen molar-refractivity contribution in [3.63, 3.8) is 0 Å². The van der Waals surface area contributed by atoms with E-state index in [1.54, 1.807) is 0 Å². The summed E-state index contributed by atoms with van der Waals surface area (Å²) in [6.45, 7) is 12.3. The van der Waals surface area contributed by atoms with Gasteiger partial charge in [0.2, 0.25) is 0 Å². The number of anilines is 4. The molecule has 0 fully saturated rings. The summed E-state index contributed by atoms with van der Waals surface area (Å²) in [5, 5.41) is 10.4. The number of rotatable bonds is 13. The third kappa shape index (κ3) is 9.05. The number of fused-ring (bicyclic) bond motifs is 6. The van der Waals surface area contributed by atoms with E-state index < -0.39 is 0 Å². The van der Waals surface area contributed by atoms with Crippen molar-refractivity contribution in [3.8, 4) is 61.8 Å². The summed E-state index contributed by atoms with van der Waals surface area (Å²) in [5.41, 5.74) is 20.9.